The van der Waals surface area contributed by atoms with Gasteiger partial charge in [0, 0.05) is 23.6 Å². The Morgan fingerprint density at radius 2 is 2.19 bits per heavy atom. The molecule has 2 aliphatic heterocycles. The third-order valence-corrected chi connectivity index (χ3v) is 5.82. The molecule has 146 valence electrons. The number of thioether (sulfide) groups is 2. The summed E-state index contributed by atoms with van der Waals surface area (Å²) in [6.07, 6.45) is 2.10. The minimum Gasteiger partial charge on any atom is -0.376 e. The van der Waals surface area contributed by atoms with Crippen molar-refractivity contribution >= 4 is 46.2 Å². The van der Waals surface area contributed by atoms with Crippen LogP contribution in [0.3, 0.4) is 0 Å². The number of halogens is 2. The molecule has 27 heavy (non-hydrogen) atoms. The molecule has 0 aliphatic carbocycles. The highest BCUT2D eigenvalue weighted by Crippen LogP contribution is 2.27. The van der Waals surface area contributed by atoms with Gasteiger partial charge in [0.15, 0.2) is 5.17 Å². The molecule has 2 N–H and O–H groups in total. The number of nitrogens with zero attached hydrogens (tertiary/aromatic N) is 1. The standard InChI is InChI=1S/C17H19F2N3O3S2/c18-16(19)26-12-5-3-10(4-6-12)21-14(23)8-13-15(24)22-17(27-13)20-9-11-2-1-7-25-11/h3-6,11,13,16H,1-2,7-9H2,(H,21,23)(H,20,22,24)/t11-,13-/m1/s1. The van der Waals surface area contributed by atoms with Gasteiger partial charge >= 0.3 is 0 Å². The maximum absolute atomic E-state index is 12.3. The van der Waals surface area contributed by atoms with E-state index in [1.165, 1.54) is 23.9 Å². The largest absolute Gasteiger partial charge is 0.376 e. The Balaban J connectivity index is 1.47. The number of hydrogen-bond donors (Lipinski definition) is 2. The summed E-state index contributed by atoms with van der Waals surface area (Å²) in [4.78, 5) is 29.0. The summed E-state index contributed by atoms with van der Waals surface area (Å²) >= 11 is 1.68. The maximum Gasteiger partial charge on any atom is 0.288 e. The smallest absolute Gasteiger partial charge is 0.288 e. The van der Waals surface area contributed by atoms with Gasteiger partial charge in [0.1, 0.15) is 5.25 Å². The first-order valence-electron chi connectivity index (χ1n) is 8.48. The number of ether oxygens (including phenoxy) is 1. The van der Waals surface area contributed by atoms with Crippen molar-refractivity contribution in [3.05, 3.63) is 24.3 Å². The second-order valence-corrected chi connectivity index (χ2v) is 8.29. The monoisotopic (exact) mass is 415 g/mol. The number of benzene rings is 1. The van der Waals surface area contributed by atoms with E-state index in [1.807, 2.05) is 0 Å². The number of carbonyl (C=O) groups excluding carboxylic acids is 2. The lowest BCUT2D eigenvalue weighted by Crippen LogP contribution is -2.28. The van der Waals surface area contributed by atoms with Crippen LogP contribution >= 0.6 is 23.5 Å². The van der Waals surface area contributed by atoms with Crippen molar-refractivity contribution in [3.63, 3.8) is 0 Å². The molecule has 1 aromatic carbocycles. The van der Waals surface area contributed by atoms with Crippen LogP contribution in [0.15, 0.2) is 34.2 Å². The molecule has 0 aromatic heterocycles. The number of aliphatic imine (C=N–C) groups is 1. The lowest BCUT2D eigenvalue weighted by molar-refractivity contribution is -0.122. The molecule has 0 spiro atoms. The van der Waals surface area contributed by atoms with Gasteiger partial charge in [-0.05, 0) is 37.1 Å². The second kappa shape index (κ2) is 9.52. The molecule has 2 saturated heterocycles. The van der Waals surface area contributed by atoms with Crippen molar-refractivity contribution in [2.24, 2.45) is 4.99 Å². The van der Waals surface area contributed by atoms with Gasteiger partial charge in [0.2, 0.25) is 11.8 Å². The van der Waals surface area contributed by atoms with Crippen molar-refractivity contribution in [1.82, 2.24) is 5.32 Å². The zero-order valence-electron chi connectivity index (χ0n) is 14.3. The maximum atomic E-state index is 12.3. The number of rotatable bonds is 7. The van der Waals surface area contributed by atoms with E-state index in [4.69, 9.17) is 4.74 Å². The Labute approximate surface area is 163 Å². The predicted molar refractivity (Wildman–Crippen MR) is 102 cm³/mol. The topological polar surface area (TPSA) is 79.8 Å². The number of hydrogen-bond acceptors (Lipinski definition) is 6. The highest BCUT2D eigenvalue weighted by molar-refractivity contribution is 8.15. The normalized spacial score (nSPS) is 23.8. The summed E-state index contributed by atoms with van der Waals surface area (Å²) in [6, 6.07) is 6.14. The molecule has 0 radical (unpaired) electrons. The Bertz CT molecular complexity index is 710. The average Bonchev–Trinajstić information content (AvgIpc) is 3.24. The molecule has 2 amide bonds. The lowest BCUT2D eigenvalue weighted by atomic mass is 10.2. The van der Waals surface area contributed by atoms with Crippen molar-refractivity contribution < 1.29 is 23.1 Å². The van der Waals surface area contributed by atoms with Crippen LogP contribution in [-0.2, 0) is 14.3 Å². The molecular formula is C17H19F2N3O3S2. The molecule has 6 nitrogen and oxygen atoms in total. The van der Waals surface area contributed by atoms with Gasteiger partial charge < -0.3 is 15.4 Å². The van der Waals surface area contributed by atoms with Gasteiger partial charge in [0.25, 0.3) is 5.76 Å². The number of carbonyl (C=O) groups is 2. The quantitative estimate of drug-likeness (QED) is 0.669. The van der Waals surface area contributed by atoms with Crippen molar-refractivity contribution in [2.45, 2.75) is 41.3 Å². The Kier molecular flexibility index (Phi) is 7.08. The number of anilines is 1. The molecule has 0 saturated carbocycles. The van der Waals surface area contributed by atoms with E-state index in [2.05, 4.69) is 15.6 Å². The summed E-state index contributed by atoms with van der Waals surface area (Å²) in [5, 5.41) is 5.34. The summed E-state index contributed by atoms with van der Waals surface area (Å²) in [6.45, 7) is 1.25. The summed E-state index contributed by atoms with van der Waals surface area (Å²) < 4.78 is 30.1. The van der Waals surface area contributed by atoms with Gasteiger partial charge in [-0.1, -0.05) is 23.5 Å². The minimum absolute atomic E-state index is 0.00296. The van der Waals surface area contributed by atoms with Gasteiger partial charge in [-0.2, -0.15) is 8.78 Å². The Morgan fingerprint density at radius 3 is 2.85 bits per heavy atom. The van der Waals surface area contributed by atoms with Crippen LogP contribution in [0.25, 0.3) is 0 Å². The summed E-state index contributed by atoms with van der Waals surface area (Å²) in [5.74, 6) is -3.05. The van der Waals surface area contributed by atoms with Gasteiger partial charge in [0.05, 0.1) is 12.6 Å². The fourth-order valence-electron chi connectivity index (χ4n) is 2.69. The van der Waals surface area contributed by atoms with Crippen LogP contribution in [0.4, 0.5) is 14.5 Å². The fourth-order valence-corrected chi connectivity index (χ4v) is 4.17. The molecule has 1 aromatic rings. The molecular weight excluding hydrogens is 396 g/mol. The minimum atomic E-state index is -2.49. The third-order valence-electron chi connectivity index (χ3n) is 3.97. The number of amidine groups is 1. The van der Waals surface area contributed by atoms with E-state index in [0.29, 0.717) is 34.1 Å². The highest BCUT2D eigenvalue weighted by atomic mass is 32.2. The van der Waals surface area contributed by atoms with E-state index >= 15 is 0 Å². The molecule has 10 heteroatoms. The molecule has 0 unspecified atom stereocenters. The van der Waals surface area contributed by atoms with Crippen LogP contribution in [0.1, 0.15) is 19.3 Å². The van der Waals surface area contributed by atoms with E-state index < -0.39 is 11.0 Å². The summed E-state index contributed by atoms with van der Waals surface area (Å²) in [5.41, 5.74) is 0.495. The highest BCUT2D eigenvalue weighted by Gasteiger charge is 2.32. The van der Waals surface area contributed by atoms with E-state index in [9.17, 15) is 18.4 Å². The summed E-state index contributed by atoms with van der Waals surface area (Å²) in [7, 11) is 0. The first-order valence-corrected chi connectivity index (χ1v) is 10.2. The van der Waals surface area contributed by atoms with Crippen molar-refractivity contribution in [3.8, 4) is 0 Å². The van der Waals surface area contributed by atoms with Crippen LogP contribution in [0, 0.1) is 0 Å². The van der Waals surface area contributed by atoms with Gasteiger partial charge in [-0.15, -0.1) is 0 Å². The van der Waals surface area contributed by atoms with E-state index in [-0.39, 0.29) is 24.3 Å². The van der Waals surface area contributed by atoms with Gasteiger partial charge in [-0.3, -0.25) is 14.6 Å². The Morgan fingerprint density at radius 1 is 1.41 bits per heavy atom. The van der Waals surface area contributed by atoms with E-state index in [1.54, 1.807) is 12.1 Å². The molecule has 2 atom stereocenters. The number of nitrogens with one attached hydrogen (secondary N) is 2. The fraction of sp³-hybridized carbons (Fsp3) is 0.471. The molecule has 0 bridgehead atoms. The van der Waals surface area contributed by atoms with Crippen LogP contribution in [0.5, 0.6) is 0 Å². The van der Waals surface area contributed by atoms with E-state index in [0.717, 1.165) is 19.4 Å². The van der Waals surface area contributed by atoms with Crippen LogP contribution in [0.2, 0.25) is 0 Å². The van der Waals surface area contributed by atoms with Gasteiger partial charge in [-0.25, -0.2) is 0 Å². The SMILES string of the molecule is O=C(C[C@H]1SC(=NC[C@H]2CCCO2)NC1=O)Nc1ccc(SC(F)F)cc1. The van der Waals surface area contributed by atoms with Crippen molar-refractivity contribution in [2.75, 3.05) is 18.5 Å². The molecule has 2 aliphatic rings. The van der Waals surface area contributed by atoms with Crippen LogP contribution in [-0.4, -0.2) is 47.2 Å². The first-order chi connectivity index (χ1) is 13.0. The number of amides is 2. The van der Waals surface area contributed by atoms with Crippen molar-refractivity contribution in [1.29, 1.82) is 0 Å². The van der Waals surface area contributed by atoms with Crippen LogP contribution < -0.4 is 10.6 Å². The molecule has 3 rings (SSSR count). The predicted octanol–water partition coefficient (Wildman–Crippen LogP) is 3.10. The third kappa shape index (κ3) is 6.18. The molecule has 2 heterocycles. The second-order valence-electron chi connectivity index (χ2n) is 6.03. The lowest BCUT2D eigenvalue weighted by Gasteiger charge is -2.08. The first kappa shape index (κ1) is 20.1. The average molecular weight is 415 g/mol. The Hall–Kier alpha value is -1.65. The number of alkyl halides is 2. The zero-order valence-corrected chi connectivity index (χ0v) is 16.0. The molecule has 2 fully saturated rings. The zero-order chi connectivity index (χ0) is 19.2.